The van der Waals surface area contributed by atoms with Crippen molar-refractivity contribution in [1.29, 1.82) is 0 Å². The van der Waals surface area contributed by atoms with Gasteiger partial charge in [-0.15, -0.1) is 0 Å². The molecular weight excluding hydrogens is 328 g/mol. The number of nitrogens with zero attached hydrogens (tertiary/aromatic N) is 4. The first kappa shape index (κ1) is 17.7. The first-order valence-electron chi connectivity index (χ1n) is 10.1. The molecule has 1 amide bonds. The molecule has 3 aliphatic rings. The maximum absolute atomic E-state index is 13.2. The van der Waals surface area contributed by atoms with E-state index < -0.39 is 0 Å². The van der Waals surface area contributed by atoms with Gasteiger partial charge in [0.2, 0.25) is 0 Å². The first-order valence-corrected chi connectivity index (χ1v) is 10.1. The third-order valence-electron chi connectivity index (χ3n) is 5.85. The number of rotatable bonds is 4. The number of amides is 1. The fourth-order valence-electron chi connectivity index (χ4n) is 4.46. The molecule has 142 valence electrons. The van der Waals surface area contributed by atoms with E-state index >= 15 is 0 Å². The largest absolute Gasteiger partial charge is 0.379 e. The van der Waals surface area contributed by atoms with Gasteiger partial charge in [-0.2, -0.15) is 0 Å². The molecular formula is C20H30N4O2. The predicted octanol–water partition coefficient (Wildman–Crippen LogP) is 1.87. The number of anilines is 1. The maximum Gasteiger partial charge on any atom is 0.257 e. The molecule has 4 heterocycles. The van der Waals surface area contributed by atoms with Crippen molar-refractivity contribution in [1.82, 2.24) is 14.8 Å². The summed E-state index contributed by atoms with van der Waals surface area (Å²) in [6, 6.07) is 3.84. The summed E-state index contributed by atoms with van der Waals surface area (Å²) in [6.07, 6.45) is 6.50. The van der Waals surface area contributed by atoms with E-state index in [1.165, 1.54) is 19.3 Å². The normalized spacial score (nSPS) is 24.8. The molecule has 0 aromatic carbocycles. The Balaban J connectivity index is 1.42. The number of hydrogen-bond donors (Lipinski definition) is 0. The van der Waals surface area contributed by atoms with E-state index in [0.717, 1.165) is 76.8 Å². The second-order valence-corrected chi connectivity index (χ2v) is 7.74. The van der Waals surface area contributed by atoms with Crippen LogP contribution in [-0.2, 0) is 4.74 Å². The Bertz CT molecular complexity index is 612. The maximum atomic E-state index is 13.2. The molecule has 0 spiro atoms. The summed E-state index contributed by atoms with van der Waals surface area (Å²) < 4.78 is 5.45. The third-order valence-corrected chi connectivity index (χ3v) is 5.85. The van der Waals surface area contributed by atoms with E-state index in [1.807, 2.05) is 18.3 Å². The molecule has 1 aromatic heterocycles. The smallest absolute Gasteiger partial charge is 0.257 e. The lowest BCUT2D eigenvalue weighted by Crippen LogP contribution is -2.46. The molecule has 6 nitrogen and oxygen atoms in total. The lowest BCUT2D eigenvalue weighted by Gasteiger charge is -2.37. The molecule has 0 radical (unpaired) electrons. The molecule has 4 rings (SSSR count). The number of carbonyl (C=O) groups is 1. The summed E-state index contributed by atoms with van der Waals surface area (Å²) >= 11 is 0. The van der Waals surface area contributed by atoms with Crippen molar-refractivity contribution in [3.63, 3.8) is 0 Å². The zero-order valence-corrected chi connectivity index (χ0v) is 15.6. The van der Waals surface area contributed by atoms with Gasteiger partial charge in [-0.3, -0.25) is 9.69 Å². The zero-order valence-electron chi connectivity index (χ0n) is 15.6. The van der Waals surface area contributed by atoms with Crippen LogP contribution in [0.2, 0.25) is 0 Å². The second-order valence-electron chi connectivity index (χ2n) is 7.74. The summed E-state index contributed by atoms with van der Waals surface area (Å²) in [5.74, 6) is 1.61. The van der Waals surface area contributed by atoms with Gasteiger partial charge in [0, 0.05) is 52.0 Å². The van der Waals surface area contributed by atoms with Gasteiger partial charge in [0.25, 0.3) is 5.91 Å². The SMILES string of the molecule is O=C(c1cccnc1N1CCCC1)N1CCCC(CN2CCOCC2)C1. The van der Waals surface area contributed by atoms with Crippen LogP contribution in [-0.4, -0.2) is 79.7 Å². The Labute approximate surface area is 156 Å². The lowest BCUT2D eigenvalue weighted by atomic mass is 9.96. The fourth-order valence-corrected chi connectivity index (χ4v) is 4.46. The molecule has 3 fully saturated rings. The quantitative estimate of drug-likeness (QED) is 0.822. The zero-order chi connectivity index (χ0) is 17.8. The van der Waals surface area contributed by atoms with Gasteiger partial charge in [-0.05, 0) is 43.7 Å². The number of likely N-dealkylation sites (tertiary alicyclic amines) is 1. The number of morpholine rings is 1. The monoisotopic (exact) mass is 358 g/mol. The van der Waals surface area contributed by atoms with Gasteiger partial charge in [0.1, 0.15) is 5.82 Å². The highest BCUT2D eigenvalue weighted by molar-refractivity contribution is 5.99. The van der Waals surface area contributed by atoms with Crippen LogP contribution in [0, 0.1) is 5.92 Å². The van der Waals surface area contributed by atoms with Crippen molar-refractivity contribution >= 4 is 11.7 Å². The topological polar surface area (TPSA) is 48.9 Å². The highest BCUT2D eigenvalue weighted by atomic mass is 16.5. The minimum absolute atomic E-state index is 0.159. The van der Waals surface area contributed by atoms with E-state index in [9.17, 15) is 4.79 Å². The van der Waals surface area contributed by atoms with E-state index in [1.54, 1.807) is 0 Å². The van der Waals surface area contributed by atoms with Crippen molar-refractivity contribution in [3.8, 4) is 0 Å². The van der Waals surface area contributed by atoms with Crippen LogP contribution in [0.3, 0.4) is 0 Å². The number of ether oxygens (including phenoxy) is 1. The molecule has 1 atom stereocenters. The van der Waals surface area contributed by atoms with E-state index in [0.29, 0.717) is 5.92 Å². The summed E-state index contributed by atoms with van der Waals surface area (Å²) in [5, 5.41) is 0. The highest BCUT2D eigenvalue weighted by Crippen LogP contribution is 2.26. The van der Waals surface area contributed by atoms with Crippen LogP contribution in [0.4, 0.5) is 5.82 Å². The fraction of sp³-hybridized carbons (Fsp3) is 0.700. The van der Waals surface area contributed by atoms with E-state index in [4.69, 9.17) is 4.74 Å². The average molecular weight is 358 g/mol. The number of piperidine rings is 1. The van der Waals surface area contributed by atoms with Crippen LogP contribution in [0.25, 0.3) is 0 Å². The summed E-state index contributed by atoms with van der Waals surface area (Å²) in [7, 11) is 0. The molecule has 26 heavy (non-hydrogen) atoms. The van der Waals surface area contributed by atoms with Gasteiger partial charge in [-0.1, -0.05) is 0 Å². The Kier molecular flexibility index (Phi) is 5.70. The molecule has 1 unspecified atom stereocenters. The summed E-state index contributed by atoms with van der Waals surface area (Å²) in [6.45, 7) is 8.55. The molecule has 0 aliphatic carbocycles. The third kappa shape index (κ3) is 4.01. The molecule has 1 aromatic rings. The second kappa shape index (κ2) is 8.35. The van der Waals surface area contributed by atoms with Crippen molar-refractivity contribution in [2.45, 2.75) is 25.7 Å². The molecule has 3 saturated heterocycles. The van der Waals surface area contributed by atoms with Crippen molar-refractivity contribution < 1.29 is 9.53 Å². The van der Waals surface area contributed by atoms with Gasteiger partial charge in [0.05, 0.1) is 18.8 Å². The number of aromatic nitrogens is 1. The standard InChI is InChI=1S/C20H30N4O2/c25-20(18-6-3-7-21-19(18)23-8-1-2-9-23)24-10-4-5-17(16-24)15-22-11-13-26-14-12-22/h3,6-7,17H,1-2,4-5,8-16H2. The Morgan fingerprint density at radius 2 is 1.92 bits per heavy atom. The predicted molar refractivity (Wildman–Crippen MR) is 102 cm³/mol. The van der Waals surface area contributed by atoms with E-state index in [-0.39, 0.29) is 5.91 Å². The van der Waals surface area contributed by atoms with Gasteiger partial charge in [0.15, 0.2) is 0 Å². The molecule has 0 N–H and O–H groups in total. The van der Waals surface area contributed by atoms with Crippen LogP contribution < -0.4 is 4.90 Å². The van der Waals surface area contributed by atoms with Crippen LogP contribution in [0.15, 0.2) is 18.3 Å². The van der Waals surface area contributed by atoms with E-state index in [2.05, 4.69) is 19.7 Å². The van der Waals surface area contributed by atoms with Crippen molar-refractivity contribution in [3.05, 3.63) is 23.9 Å². The Morgan fingerprint density at radius 3 is 2.73 bits per heavy atom. The van der Waals surface area contributed by atoms with Gasteiger partial charge < -0.3 is 14.5 Å². The molecule has 3 aliphatic heterocycles. The molecule has 0 saturated carbocycles. The summed E-state index contributed by atoms with van der Waals surface area (Å²) in [5.41, 5.74) is 0.779. The van der Waals surface area contributed by atoms with Crippen LogP contribution in [0.5, 0.6) is 0 Å². The number of pyridine rings is 1. The lowest BCUT2D eigenvalue weighted by molar-refractivity contribution is 0.0224. The number of hydrogen-bond acceptors (Lipinski definition) is 5. The molecule has 6 heteroatoms. The van der Waals surface area contributed by atoms with Gasteiger partial charge >= 0.3 is 0 Å². The minimum Gasteiger partial charge on any atom is -0.379 e. The highest BCUT2D eigenvalue weighted by Gasteiger charge is 2.29. The Morgan fingerprint density at radius 1 is 1.12 bits per heavy atom. The summed E-state index contributed by atoms with van der Waals surface area (Å²) in [4.78, 5) is 24.6. The molecule has 0 bridgehead atoms. The van der Waals surface area contributed by atoms with Crippen molar-refractivity contribution in [2.24, 2.45) is 5.92 Å². The Hall–Kier alpha value is -1.66. The van der Waals surface area contributed by atoms with Crippen LogP contribution in [0.1, 0.15) is 36.0 Å². The van der Waals surface area contributed by atoms with Crippen LogP contribution >= 0.6 is 0 Å². The number of carbonyl (C=O) groups excluding carboxylic acids is 1. The average Bonchev–Trinajstić information content (AvgIpc) is 3.23. The first-order chi connectivity index (χ1) is 12.8. The van der Waals surface area contributed by atoms with Gasteiger partial charge in [-0.25, -0.2) is 4.98 Å². The minimum atomic E-state index is 0.159. The van der Waals surface area contributed by atoms with Crippen molar-refractivity contribution in [2.75, 3.05) is 63.9 Å².